The first-order valence-corrected chi connectivity index (χ1v) is 7.57. The molecule has 6 heteroatoms. The Kier molecular flexibility index (Phi) is 6.82. The van der Waals surface area contributed by atoms with Gasteiger partial charge in [0.25, 0.3) is 0 Å². The Bertz CT molecular complexity index is 515. The summed E-state index contributed by atoms with van der Waals surface area (Å²) in [5.74, 6) is -0.848. The van der Waals surface area contributed by atoms with E-state index in [-0.39, 0.29) is 19.0 Å². The van der Waals surface area contributed by atoms with Crippen molar-refractivity contribution in [2.24, 2.45) is 5.92 Å². The first-order valence-electron chi connectivity index (χ1n) is 7.57. The highest BCUT2D eigenvalue weighted by Gasteiger charge is 2.21. The van der Waals surface area contributed by atoms with E-state index in [1.54, 1.807) is 22.9 Å². The number of aliphatic carboxylic acids is 1. The van der Waals surface area contributed by atoms with Crippen LogP contribution in [-0.4, -0.2) is 53.0 Å². The Morgan fingerprint density at radius 2 is 1.95 bits per heavy atom. The van der Waals surface area contributed by atoms with Gasteiger partial charge in [0.2, 0.25) is 5.91 Å². The van der Waals surface area contributed by atoms with Crippen LogP contribution in [0.3, 0.4) is 0 Å². The van der Waals surface area contributed by atoms with Gasteiger partial charge < -0.3 is 14.9 Å². The van der Waals surface area contributed by atoms with Crippen LogP contribution in [0, 0.1) is 12.8 Å². The number of nitrogens with zero attached hydrogens (tertiary/aromatic N) is 3. The number of hydrogen-bond acceptors (Lipinski definition) is 4. The summed E-state index contributed by atoms with van der Waals surface area (Å²) in [4.78, 5) is 31.2. The zero-order valence-electron chi connectivity index (χ0n) is 13.7. The number of aryl methyl sites for hydroxylation is 1. The minimum Gasteiger partial charge on any atom is -0.481 e. The maximum absolute atomic E-state index is 12.3. The molecule has 1 amide bonds. The Morgan fingerprint density at radius 1 is 1.32 bits per heavy atom. The van der Waals surface area contributed by atoms with Crippen LogP contribution in [-0.2, 0) is 9.59 Å². The summed E-state index contributed by atoms with van der Waals surface area (Å²) in [6.45, 7) is 9.09. The van der Waals surface area contributed by atoms with Crippen molar-refractivity contribution < 1.29 is 14.7 Å². The summed E-state index contributed by atoms with van der Waals surface area (Å²) in [6.07, 6.45) is 1.67. The van der Waals surface area contributed by atoms with E-state index in [2.05, 4.69) is 4.98 Å². The van der Waals surface area contributed by atoms with Crippen LogP contribution in [0.2, 0.25) is 0 Å². The fourth-order valence-corrected chi connectivity index (χ4v) is 2.18. The number of pyridine rings is 1. The monoisotopic (exact) mass is 307 g/mol. The van der Waals surface area contributed by atoms with Crippen LogP contribution >= 0.6 is 0 Å². The van der Waals surface area contributed by atoms with E-state index in [0.29, 0.717) is 18.9 Å². The third kappa shape index (κ3) is 5.02. The van der Waals surface area contributed by atoms with E-state index in [0.717, 1.165) is 5.56 Å². The van der Waals surface area contributed by atoms with Crippen LogP contribution in [0.15, 0.2) is 18.3 Å². The van der Waals surface area contributed by atoms with Gasteiger partial charge >= 0.3 is 5.97 Å². The Morgan fingerprint density at radius 3 is 2.45 bits per heavy atom. The number of carboxylic acids is 1. The van der Waals surface area contributed by atoms with E-state index in [1.165, 1.54) is 0 Å². The molecule has 0 saturated carbocycles. The lowest BCUT2D eigenvalue weighted by Gasteiger charge is -2.28. The van der Waals surface area contributed by atoms with Gasteiger partial charge in [0.15, 0.2) is 0 Å². The molecular formula is C16H25N3O3. The predicted molar refractivity (Wildman–Crippen MR) is 85.9 cm³/mol. The highest BCUT2D eigenvalue weighted by Crippen LogP contribution is 2.15. The average molecular weight is 307 g/mol. The van der Waals surface area contributed by atoms with Crippen molar-refractivity contribution in [2.75, 3.05) is 31.1 Å². The number of amides is 1. The number of hydrogen-bond donors (Lipinski definition) is 1. The van der Waals surface area contributed by atoms with Gasteiger partial charge in [0.05, 0.1) is 12.5 Å². The molecule has 0 fully saturated rings. The van der Waals surface area contributed by atoms with Crippen molar-refractivity contribution >= 4 is 17.7 Å². The molecule has 1 aromatic rings. The number of rotatable bonds is 8. The molecule has 1 atom stereocenters. The van der Waals surface area contributed by atoms with E-state index >= 15 is 0 Å². The molecule has 0 spiro atoms. The fraction of sp³-hybridized carbons (Fsp3) is 0.562. The molecule has 1 aromatic heterocycles. The van der Waals surface area contributed by atoms with Crippen molar-refractivity contribution in [3.05, 3.63) is 23.9 Å². The molecule has 0 aromatic carbocycles. The second kappa shape index (κ2) is 8.36. The number of likely N-dealkylation sites (N-methyl/N-ethyl adjacent to an activating group) is 1. The Labute approximate surface area is 131 Å². The smallest absolute Gasteiger partial charge is 0.308 e. The van der Waals surface area contributed by atoms with Crippen LogP contribution in [0.4, 0.5) is 5.82 Å². The van der Waals surface area contributed by atoms with E-state index in [9.17, 15) is 9.59 Å². The average Bonchev–Trinajstić information content (AvgIpc) is 2.47. The maximum atomic E-state index is 12.3. The summed E-state index contributed by atoms with van der Waals surface area (Å²) in [5, 5.41) is 9.13. The second-order valence-corrected chi connectivity index (χ2v) is 5.38. The molecular weight excluding hydrogens is 282 g/mol. The molecule has 0 aliphatic rings. The largest absolute Gasteiger partial charge is 0.481 e. The summed E-state index contributed by atoms with van der Waals surface area (Å²) >= 11 is 0. The summed E-state index contributed by atoms with van der Waals surface area (Å²) in [5.41, 5.74) is 1.02. The lowest BCUT2D eigenvalue weighted by molar-refractivity contribution is -0.141. The molecule has 0 radical (unpaired) electrons. The van der Waals surface area contributed by atoms with E-state index in [4.69, 9.17) is 5.11 Å². The quantitative estimate of drug-likeness (QED) is 0.792. The van der Waals surface area contributed by atoms with E-state index in [1.807, 2.05) is 32.9 Å². The molecule has 6 nitrogen and oxygen atoms in total. The zero-order chi connectivity index (χ0) is 16.7. The van der Waals surface area contributed by atoms with Crippen LogP contribution < -0.4 is 4.90 Å². The number of carboxylic acid groups (broad SMARTS) is 1. The molecule has 0 bridgehead atoms. The molecule has 0 aliphatic heterocycles. The molecule has 1 N–H and O–H groups in total. The highest BCUT2D eigenvalue weighted by atomic mass is 16.4. The molecule has 22 heavy (non-hydrogen) atoms. The summed E-state index contributed by atoms with van der Waals surface area (Å²) < 4.78 is 0. The molecule has 0 saturated heterocycles. The highest BCUT2D eigenvalue weighted by molar-refractivity contribution is 5.81. The summed E-state index contributed by atoms with van der Waals surface area (Å²) in [7, 11) is 0. The van der Waals surface area contributed by atoms with Crippen molar-refractivity contribution in [3.8, 4) is 0 Å². The van der Waals surface area contributed by atoms with Gasteiger partial charge in [0.1, 0.15) is 5.82 Å². The SMILES string of the molecule is CCN(CC)C(=O)CN(CC(C)C(=O)O)c1cc(C)ccn1. The first kappa shape index (κ1) is 17.9. The standard InChI is InChI=1S/C16H25N3O3/c1-5-18(6-2)15(20)11-19(10-13(4)16(21)22)14-9-12(3)7-8-17-14/h7-9,13H,5-6,10-11H2,1-4H3,(H,21,22). The van der Waals surface area contributed by atoms with E-state index < -0.39 is 11.9 Å². The second-order valence-electron chi connectivity index (χ2n) is 5.38. The first-order chi connectivity index (χ1) is 10.4. The topological polar surface area (TPSA) is 73.7 Å². The van der Waals surface area contributed by atoms with Gasteiger partial charge in [-0.2, -0.15) is 0 Å². The maximum Gasteiger partial charge on any atom is 0.308 e. The Hall–Kier alpha value is -2.11. The van der Waals surface area contributed by atoms with Crippen LogP contribution in [0.25, 0.3) is 0 Å². The minimum atomic E-state index is -0.882. The molecule has 1 unspecified atom stereocenters. The van der Waals surface area contributed by atoms with Crippen molar-refractivity contribution in [1.82, 2.24) is 9.88 Å². The summed E-state index contributed by atoms with van der Waals surface area (Å²) in [6, 6.07) is 3.73. The van der Waals surface area contributed by atoms with Gasteiger partial charge in [-0.3, -0.25) is 9.59 Å². The Balaban J connectivity index is 2.96. The molecule has 1 rings (SSSR count). The van der Waals surface area contributed by atoms with Crippen molar-refractivity contribution in [3.63, 3.8) is 0 Å². The molecule has 0 aliphatic carbocycles. The van der Waals surface area contributed by atoms with Crippen molar-refractivity contribution in [2.45, 2.75) is 27.7 Å². The van der Waals surface area contributed by atoms with Gasteiger partial charge in [-0.15, -0.1) is 0 Å². The third-order valence-corrected chi connectivity index (χ3v) is 3.58. The molecule has 122 valence electrons. The number of carbonyl (C=O) groups excluding carboxylic acids is 1. The third-order valence-electron chi connectivity index (χ3n) is 3.58. The molecule has 1 heterocycles. The lowest BCUT2D eigenvalue weighted by Crippen LogP contribution is -2.43. The number of carbonyl (C=O) groups is 2. The van der Waals surface area contributed by atoms with Crippen LogP contribution in [0.1, 0.15) is 26.3 Å². The number of aromatic nitrogens is 1. The predicted octanol–water partition coefficient (Wildman–Crippen LogP) is 1.79. The fourth-order valence-electron chi connectivity index (χ4n) is 2.18. The zero-order valence-corrected chi connectivity index (χ0v) is 13.7. The number of anilines is 1. The van der Waals surface area contributed by atoms with Gasteiger partial charge in [-0.05, 0) is 38.5 Å². The van der Waals surface area contributed by atoms with Gasteiger partial charge in [-0.25, -0.2) is 4.98 Å². The van der Waals surface area contributed by atoms with Crippen LogP contribution in [0.5, 0.6) is 0 Å². The normalized spacial score (nSPS) is 11.8. The van der Waals surface area contributed by atoms with Gasteiger partial charge in [-0.1, -0.05) is 6.92 Å². The lowest BCUT2D eigenvalue weighted by atomic mass is 10.1. The van der Waals surface area contributed by atoms with Crippen molar-refractivity contribution in [1.29, 1.82) is 0 Å². The minimum absolute atomic E-state index is 0.0223. The van der Waals surface area contributed by atoms with Gasteiger partial charge in [0, 0.05) is 25.8 Å².